The number of nitrogens with one attached hydrogen (secondary N) is 2. The molecule has 9 heteroatoms. The maximum absolute atomic E-state index is 13.0. The van der Waals surface area contributed by atoms with E-state index in [1.54, 1.807) is 31.2 Å². The van der Waals surface area contributed by atoms with E-state index in [1.807, 2.05) is 0 Å². The Balaban J connectivity index is 1.64. The summed E-state index contributed by atoms with van der Waals surface area (Å²) in [7, 11) is -2.35. The van der Waals surface area contributed by atoms with Crippen LogP contribution in [0.5, 0.6) is 11.5 Å². The number of hydrogen-bond acceptors (Lipinski definition) is 5. The average molecular weight is 444 g/mol. The van der Waals surface area contributed by atoms with Crippen LogP contribution in [0.1, 0.15) is 6.92 Å². The molecule has 1 atom stereocenters. The van der Waals surface area contributed by atoms with Crippen LogP contribution in [0, 0.1) is 5.82 Å². The zero-order valence-electron chi connectivity index (χ0n) is 16.8. The van der Waals surface area contributed by atoms with Gasteiger partial charge in [-0.3, -0.25) is 9.52 Å². The van der Waals surface area contributed by atoms with Crippen molar-refractivity contribution in [1.29, 1.82) is 0 Å². The fourth-order valence-electron chi connectivity index (χ4n) is 2.65. The molecule has 0 fully saturated rings. The molecule has 0 aromatic heterocycles. The Morgan fingerprint density at radius 3 is 2.10 bits per heavy atom. The number of anilines is 2. The Hall–Kier alpha value is -3.59. The Morgan fingerprint density at radius 2 is 1.48 bits per heavy atom. The van der Waals surface area contributed by atoms with E-state index < -0.39 is 27.9 Å². The molecule has 1 amide bonds. The highest BCUT2D eigenvalue weighted by atomic mass is 32.2. The van der Waals surface area contributed by atoms with Crippen molar-refractivity contribution in [2.45, 2.75) is 17.9 Å². The first-order valence-corrected chi connectivity index (χ1v) is 10.8. The zero-order chi connectivity index (χ0) is 22.4. The molecular weight excluding hydrogens is 423 g/mol. The molecule has 0 aliphatic carbocycles. The predicted octanol–water partition coefficient (Wildman–Crippen LogP) is 4.04. The number of halogens is 1. The molecule has 0 aliphatic rings. The van der Waals surface area contributed by atoms with Gasteiger partial charge >= 0.3 is 0 Å². The smallest absolute Gasteiger partial charge is 0.265 e. The molecule has 3 rings (SSSR count). The van der Waals surface area contributed by atoms with Crippen LogP contribution < -0.4 is 19.5 Å². The lowest BCUT2D eigenvalue weighted by atomic mass is 10.3. The summed E-state index contributed by atoms with van der Waals surface area (Å²) in [5.41, 5.74) is 0.641. The van der Waals surface area contributed by atoms with Crippen LogP contribution >= 0.6 is 0 Å². The molecule has 0 bridgehead atoms. The van der Waals surface area contributed by atoms with Gasteiger partial charge in [-0.05, 0) is 67.6 Å². The lowest BCUT2D eigenvalue weighted by molar-refractivity contribution is -0.122. The van der Waals surface area contributed by atoms with Gasteiger partial charge in [-0.1, -0.05) is 12.1 Å². The van der Waals surface area contributed by atoms with E-state index in [9.17, 15) is 17.6 Å². The normalized spacial score (nSPS) is 12.0. The van der Waals surface area contributed by atoms with Crippen molar-refractivity contribution in [2.24, 2.45) is 0 Å². The summed E-state index contributed by atoms with van der Waals surface area (Å²) < 4.78 is 51.1. The van der Waals surface area contributed by atoms with Crippen LogP contribution in [-0.4, -0.2) is 27.5 Å². The Labute approximate surface area is 179 Å². The lowest BCUT2D eigenvalue weighted by Crippen LogP contribution is -2.30. The molecule has 0 radical (unpaired) electrons. The minimum Gasteiger partial charge on any atom is -0.493 e. The van der Waals surface area contributed by atoms with Gasteiger partial charge in [0.05, 0.1) is 12.0 Å². The molecule has 3 aromatic carbocycles. The van der Waals surface area contributed by atoms with Gasteiger partial charge in [0.1, 0.15) is 5.82 Å². The fraction of sp³-hybridized carbons (Fsp3) is 0.136. The van der Waals surface area contributed by atoms with Gasteiger partial charge in [-0.25, -0.2) is 12.8 Å². The van der Waals surface area contributed by atoms with E-state index in [0.29, 0.717) is 17.2 Å². The minimum absolute atomic E-state index is 0.00635. The van der Waals surface area contributed by atoms with Crippen molar-refractivity contribution in [3.63, 3.8) is 0 Å². The molecular formula is C22H21FN2O5S. The lowest BCUT2D eigenvalue weighted by Gasteiger charge is -2.16. The van der Waals surface area contributed by atoms with Crippen molar-refractivity contribution in [3.05, 3.63) is 78.6 Å². The van der Waals surface area contributed by atoms with Gasteiger partial charge in [0.2, 0.25) is 0 Å². The second kappa shape index (κ2) is 9.48. The molecule has 0 aliphatic heterocycles. The van der Waals surface area contributed by atoms with Gasteiger partial charge < -0.3 is 14.8 Å². The van der Waals surface area contributed by atoms with Crippen molar-refractivity contribution < 1.29 is 27.1 Å². The fourth-order valence-corrected chi connectivity index (χ4v) is 3.71. The second-order valence-corrected chi connectivity index (χ2v) is 8.22. The van der Waals surface area contributed by atoms with E-state index >= 15 is 0 Å². The van der Waals surface area contributed by atoms with Gasteiger partial charge in [-0.15, -0.1) is 0 Å². The molecule has 162 valence electrons. The van der Waals surface area contributed by atoms with Crippen LogP contribution in [0.2, 0.25) is 0 Å². The summed E-state index contributed by atoms with van der Waals surface area (Å²) in [6, 6.07) is 17.6. The number of benzene rings is 3. The molecule has 2 N–H and O–H groups in total. The quantitative estimate of drug-likeness (QED) is 0.547. The first-order valence-electron chi connectivity index (χ1n) is 9.27. The molecule has 3 aromatic rings. The first kappa shape index (κ1) is 22.1. The number of rotatable bonds is 8. The van der Waals surface area contributed by atoms with Gasteiger partial charge in [0.15, 0.2) is 17.6 Å². The summed E-state index contributed by atoms with van der Waals surface area (Å²) in [4.78, 5) is 12.4. The third kappa shape index (κ3) is 5.73. The minimum atomic E-state index is -3.86. The molecule has 0 unspecified atom stereocenters. The van der Waals surface area contributed by atoms with Crippen molar-refractivity contribution in [3.8, 4) is 11.5 Å². The largest absolute Gasteiger partial charge is 0.493 e. The van der Waals surface area contributed by atoms with E-state index in [1.165, 1.54) is 43.5 Å². The SMILES string of the molecule is COc1ccccc1O[C@@H](C)C(=O)Nc1ccc(S(=O)(=O)Nc2ccc(F)cc2)cc1. The number of ether oxygens (including phenoxy) is 2. The molecule has 7 nitrogen and oxygen atoms in total. The molecule has 0 spiro atoms. The number of carbonyl (C=O) groups excluding carboxylic acids is 1. The monoisotopic (exact) mass is 444 g/mol. The molecule has 0 saturated carbocycles. The maximum Gasteiger partial charge on any atom is 0.265 e. The summed E-state index contributed by atoms with van der Waals surface area (Å²) in [6.45, 7) is 1.59. The van der Waals surface area contributed by atoms with Crippen LogP contribution in [0.25, 0.3) is 0 Å². The van der Waals surface area contributed by atoms with Gasteiger partial charge in [0.25, 0.3) is 15.9 Å². The summed E-state index contributed by atoms with van der Waals surface area (Å²) in [6.07, 6.45) is -0.820. The molecule has 0 heterocycles. The number of carbonyl (C=O) groups is 1. The van der Waals surface area contributed by atoms with Crippen molar-refractivity contribution in [2.75, 3.05) is 17.1 Å². The Morgan fingerprint density at radius 1 is 0.903 bits per heavy atom. The van der Waals surface area contributed by atoms with Crippen LogP contribution in [0.15, 0.2) is 77.7 Å². The van der Waals surface area contributed by atoms with E-state index in [2.05, 4.69) is 10.0 Å². The van der Waals surface area contributed by atoms with Crippen LogP contribution in [0.3, 0.4) is 0 Å². The van der Waals surface area contributed by atoms with Crippen LogP contribution in [0.4, 0.5) is 15.8 Å². The Kier molecular flexibility index (Phi) is 6.76. The second-order valence-electron chi connectivity index (χ2n) is 6.54. The van der Waals surface area contributed by atoms with Crippen molar-refractivity contribution >= 4 is 27.3 Å². The molecule has 31 heavy (non-hydrogen) atoms. The highest BCUT2D eigenvalue weighted by Gasteiger charge is 2.18. The van der Waals surface area contributed by atoms with E-state index in [4.69, 9.17) is 9.47 Å². The predicted molar refractivity (Wildman–Crippen MR) is 115 cm³/mol. The summed E-state index contributed by atoms with van der Waals surface area (Å²) in [5, 5.41) is 2.67. The number of para-hydroxylation sites is 2. The Bertz CT molecular complexity index is 1150. The van der Waals surface area contributed by atoms with Gasteiger partial charge in [-0.2, -0.15) is 0 Å². The van der Waals surface area contributed by atoms with E-state index in [-0.39, 0.29) is 10.6 Å². The number of methoxy groups -OCH3 is 1. The summed E-state index contributed by atoms with van der Waals surface area (Å²) >= 11 is 0. The maximum atomic E-state index is 13.0. The van der Waals surface area contributed by atoms with Gasteiger partial charge in [0, 0.05) is 11.4 Å². The first-order chi connectivity index (χ1) is 14.8. The molecule has 0 saturated heterocycles. The van der Waals surface area contributed by atoms with Crippen molar-refractivity contribution in [1.82, 2.24) is 0 Å². The standard InChI is InChI=1S/C22H21FN2O5S/c1-15(30-21-6-4-3-5-20(21)29-2)22(26)24-17-11-13-19(14-12-17)31(27,28)25-18-9-7-16(23)8-10-18/h3-15,25H,1-2H3,(H,24,26)/t15-/m0/s1. The highest BCUT2D eigenvalue weighted by Crippen LogP contribution is 2.27. The highest BCUT2D eigenvalue weighted by molar-refractivity contribution is 7.92. The number of hydrogen-bond donors (Lipinski definition) is 2. The summed E-state index contributed by atoms with van der Waals surface area (Å²) in [5.74, 6) is 0.0595. The topological polar surface area (TPSA) is 93.7 Å². The number of sulfonamides is 1. The van der Waals surface area contributed by atoms with E-state index in [0.717, 1.165) is 12.1 Å². The third-order valence-electron chi connectivity index (χ3n) is 4.27. The van der Waals surface area contributed by atoms with Crippen LogP contribution in [-0.2, 0) is 14.8 Å². The third-order valence-corrected chi connectivity index (χ3v) is 5.67. The zero-order valence-corrected chi connectivity index (χ0v) is 17.6. The number of amides is 1. The average Bonchev–Trinajstić information content (AvgIpc) is 2.76.